The number of aromatic nitrogens is 2. The third-order valence-electron chi connectivity index (χ3n) is 4.93. The summed E-state index contributed by atoms with van der Waals surface area (Å²) in [6.45, 7) is 0.698. The van der Waals surface area contributed by atoms with Gasteiger partial charge in [0.25, 0.3) is 0 Å². The van der Waals surface area contributed by atoms with Crippen molar-refractivity contribution in [2.24, 2.45) is 7.05 Å². The smallest absolute Gasteiger partial charge is 0.220 e. The van der Waals surface area contributed by atoms with Gasteiger partial charge < -0.3 is 15.4 Å². The van der Waals surface area contributed by atoms with Crippen LogP contribution < -0.4 is 15.4 Å². The lowest BCUT2D eigenvalue weighted by Crippen LogP contribution is -2.48. The van der Waals surface area contributed by atoms with Crippen molar-refractivity contribution in [1.82, 2.24) is 20.4 Å². The lowest BCUT2D eigenvalue weighted by atomic mass is 9.93. The van der Waals surface area contributed by atoms with Gasteiger partial charge in [-0.15, -0.1) is 0 Å². The highest BCUT2D eigenvalue weighted by Gasteiger charge is 2.30. The van der Waals surface area contributed by atoms with Crippen LogP contribution in [0.5, 0.6) is 11.5 Å². The fourth-order valence-electron chi connectivity index (χ4n) is 3.53. The molecule has 2 N–H and O–H groups in total. The molecule has 0 radical (unpaired) electrons. The fourth-order valence-corrected chi connectivity index (χ4v) is 3.53. The van der Waals surface area contributed by atoms with Gasteiger partial charge in [-0.3, -0.25) is 9.48 Å². The first kappa shape index (κ1) is 18.3. The Bertz CT molecular complexity index is 938. The van der Waals surface area contributed by atoms with Crippen molar-refractivity contribution in [3.8, 4) is 11.5 Å². The molecule has 1 aliphatic rings. The quantitative estimate of drug-likeness (QED) is 0.693. The summed E-state index contributed by atoms with van der Waals surface area (Å²) in [5.74, 6) is 1.72. The highest BCUT2D eigenvalue weighted by molar-refractivity contribution is 5.77. The monoisotopic (exact) mass is 376 g/mol. The minimum Gasteiger partial charge on any atom is -0.457 e. The minimum atomic E-state index is -0.0706. The normalized spacial score (nSPS) is 19.2. The number of amides is 1. The van der Waals surface area contributed by atoms with Crippen LogP contribution in [0.15, 0.2) is 67.0 Å². The molecule has 2 aromatic carbocycles. The number of rotatable bonds is 6. The maximum Gasteiger partial charge on any atom is 0.220 e. The maximum atomic E-state index is 11.9. The van der Waals surface area contributed by atoms with Gasteiger partial charge in [-0.05, 0) is 36.2 Å². The molecule has 1 aromatic heterocycles. The Morgan fingerprint density at radius 2 is 2.00 bits per heavy atom. The fraction of sp³-hybridized carbons (Fsp3) is 0.273. The van der Waals surface area contributed by atoms with Gasteiger partial charge in [0.2, 0.25) is 5.91 Å². The Labute approximate surface area is 164 Å². The number of piperidine rings is 1. The Hall–Kier alpha value is -3.12. The number of hydrogen-bond acceptors (Lipinski definition) is 4. The number of benzene rings is 2. The van der Waals surface area contributed by atoms with E-state index in [0.717, 1.165) is 29.0 Å². The summed E-state index contributed by atoms with van der Waals surface area (Å²) < 4.78 is 7.68. The van der Waals surface area contributed by atoms with Crippen LogP contribution in [0.2, 0.25) is 0 Å². The number of para-hydroxylation sites is 1. The van der Waals surface area contributed by atoms with Crippen LogP contribution in [0.1, 0.15) is 30.0 Å². The molecule has 0 aliphatic carbocycles. The van der Waals surface area contributed by atoms with E-state index in [1.807, 2.05) is 68.0 Å². The van der Waals surface area contributed by atoms with Crippen molar-refractivity contribution < 1.29 is 9.53 Å². The second-order valence-electron chi connectivity index (χ2n) is 7.08. The molecular formula is C22H24N4O2. The molecule has 0 bridgehead atoms. The van der Waals surface area contributed by atoms with Gasteiger partial charge in [-0.25, -0.2) is 0 Å². The minimum absolute atomic E-state index is 0.0706. The van der Waals surface area contributed by atoms with E-state index in [1.54, 1.807) is 4.68 Å². The van der Waals surface area contributed by atoms with Gasteiger partial charge in [0.15, 0.2) is 0 Å². The number of ether oxygens (including phenoxy) is 1. The average molecular weight is 376 g/mol. The number of carbonyl (C=O) groups excluding carboxylic acids is 1. The SMILES string of the molecule is Cn1cc([C@@H]2NC(=O)CC[C@H]2NCc2cccc(Oc3ccccc3)c2)cn1. The highest BCUT2D eigenvalue weighted by Crippen LogP contribution is 2.25. The van der Waals surface area contributed by atoms with Crippen molar-refractivity contribution in [2.75, 3.05) is 0 Å². The Morgan fingerprint density at radius 3 is 2.79 bits per heavy atom. The van der Waals surface area contributed by atoms with E-state index < -0.39 is 0 Å². The standard InChI is InChI=1S/C22H24N4O2/c1-26-15-17(14-24-26)22-20(10-11-21(27)25-22)23-13-16-6-5-9-19(12-16)28-18-7-3-2-4-8-18/h2-9,12,14-15,20,22-23H,10-11,13H2,1H3,(H,25,27)/t20-,22+/m1/s1. The topological polar surface area (TPSA) is 68.2 Å². The van der Waals surface area contributed by atoms with Crippen molar-refractivity contribution in [3.63, 3.8) is 0 Å². The summed E-state index contributed by atoms with van der Waals surface area (Å²) in [6.07, 6.45) is 5.11. The van der Waals surface area contributed by atoms with E-state index in [9.17, 15) is 4.79 Å². The summed E-state index contributed by atoms with van der Waals surface area (Å²) in [5, 5.41) is 10.9. The lowest BCUT2D eigenvalue weighted by molar-refractivity contribution is -0.123. The van der Waals surface area contributed by atoms with Gasteiger partial charge in [0.1, 0.15) is 11.5 Å². The van der Waals surface area contributed by atoms with E-state index >= 15 is 0 Å². The van der Waals surface area contributed by atoms with E-state index in [4.69, 9.17) is 4.74 Å². The predicted octanol–water partition coefficient (Wildman–Crippen LogP) is 3.32. The molecule has 1 fully saturated rings. The Kier molecular flexibility index (Phi) is 5.39. The zero-order valence-corrected chi connectivity index (χ0v) is 15.8. The molecule has 6 nitrogen and oxygen atoms in total. The third-order valence-corrected chi connectivity index (χ3v) is 4.93. The van der Waals surface area contributed by atoms with E-state index in [2.05, 4.69) is 21.8 Å². The number of nitrogens with zero attached hydrogens (tertiary/aromatic N) is 2. The van der Waals surface area contributed by atoms with Gasteiger partial charge in [0, 0.05) is 37.8 Å². The molecule has 0 spiro atoms. The van der Waals surface area contributed by atoms with Crippen LogP contribution in [0.25, 0.3) is 0 Å². The molecule has 1 aliphatic heterocycles. The summed E-state index contributed by atoms with van der Waals surface area (Å²) in [6, 6.07) is 17.9. The summed E-state index contributed by atoms with van der Waals surface area (Å²) in [5.41, 5.74) is 2.16. The second-order valence-corrected chi connectivity index (χ2v) is 7.08. The highest BCUT2D eigenvalue weighted by atomic mass is 16.5. The van der Waals surface area contributed by atoms with Crippen molar-refractivity contribution in [1.29, 1.82) is 0 Å². The number of carbonyl (C=O) groups is 1. The first-order valence-electron chi connectivity index (χ1n) is 9.50. The number of nitrogens with one attached hydrogen (secondary N) is 2. The molecule has 144 valence electrons. The second kappa shape index (κ2) is 8.27. The van der Waals surface area contributed by atoms with Gasteiger partial charge in [-0.2, -0.15) is 5.10 Å². The third kappa shape index (κ3) is 4.40. The van der Waals surface area contributed by atoms with Crippen molar-refractivity contribution in [2.45, 2.75) is 31.5 Å². The van der Waals surface area contributed by atoms with Crippen LogP contribution in [-0.4, -0.2) is 21.7 Å². The summed E-state index contributed by atoms with van der Waals surface area (Å²) in [4.78, 5) is 11.9. The van der Waals surface area contributed by atoms with Crippen LogP contribution in [0, 0.1) is 0 Å². The molecular weight excluding hydrogens is 352 g/mol. The van der Waals surface area contributed by atoms with Crippen LogP contribution in [-0.2, 0) is 18.4 Å². The Balaban J connectivity index is 1.42. The van der Waals surface area contributed by atoms with Gasteiger partial charge in [0.05, 0.1) is 12.2 Å². The van der Waals surface area contributed by atoms with Gasteiger partial charge >= 0.3 is 0 Å². The number of hydrogen-bond donors (Lipinski definition) is 2. The van der Waals surface area contributed by atoms with Crippen molar-refractivity contribution >= 4 is 5.91 Å². The van der Waals surface area contributed by atoms with Gasteiger partial charge in [-0.1, -0.05) is 30.3 Å². The van der Waals surface area contributed by atoms with Crippen LogP contribution in [0.3, 0.4) is 0 Å². The molecule has 2 heterocycles. The zero-order valence-electron chi connectivity index (χ0n) is 15.8. The molecule has 28 heavy (non-hydrogen) atoms. The number of aryl methyl sites for hydroxylation is 1. The first-order chi connectivity index (χ1) is 13.7. The molecule has 3 aromatic rings. The molecule has 1 saturated heterocycles. The van der Waals surface area contributed by atoms with Crippen LogP contribution >= 0.6 is 0 Å². The molecule has 0 unspecified atom stereocenters. The van der Waals surface area contributed by atoms with E-state index in [1.165, 1.54) is 0 Å². The largest absolute Gasteiger partial charge is 0.457 e. The molecule has 1 amide bonds. The molecule has 4 rings (SSSR count). The van der Waals surface area contributed by atoms with E-state index in [0.29, 0.717) is 13.0 Å². The average Bonchev–Trinajstić information content (AvgIpc) is 3.14. The molecule has 6 heteroatoms. The van der Waals surface area contributed by atoms with Crippen molar-refractivity contribution in [3.05, 3.63) is 78.1 Å². The predicted molar refractivity (Wildman–Crippen MR) is 107 cm³/mol. The van der Waals surface area contributed by atoms with E-state index in [-0.39, 0.29) is 18.0 Å². The maximum absolute atomic E-state index is 11.9. The first-order valence-corrected chi connectivity index (χ1v) is 9.50. The summed E-state index contributed by atoms with van der Waals surface area (Å²) in [7, 11) is 1.88. The zero-order chi connectivity index (χ0) is 19.3. The molecule has 2 atom stereocenters. The lowest BCUT2D eigenvalue weighted by Gasteiger charge is -2.32. The van der Waals surface area contributed by atoms with Crippen LogP contribution in [0.4, 0.5) is 0 Å². The molecule has 0 saturated carbocycles. The Morgan fingerprint density at radius 1 is 1.18 bits per heavy atom. The summed E-state index contributed by atoms with van der Waals surface area (Å²) >= 11 is 0.